The van der Waals surface area contributed by atoms with Crippen LogP contribution in [-0.4, -0.2) is 25.0 Å². The summed E-state index contributed by atoms with van der Waals surface area (Å²) >= 11 is 0. The van der Waals surface area contributed by atoms with Crippen LogP contribution in [0, 0.1) is 17.8 Å². The molecule has 0 aliphatic carbocycles. The number of nitrogens with zero attached hydrogens (tertiary/aromatic N) is 1. The zero-order valence-electron chi connectivity index (χ0n) is 8.15. The fourth-order valence-electron chi connectivity index (χ4n) is 1.09. The first kappa shape index (κ1) is 10.5. The molecular weight excluding hydrogens is 134 g/mol. The van der Waals surface area contributed by atoms with Gasteiger partial charge in [0.15, 0.2) is 0 Å². The molecule has 0 unspecified atom stereocenters. The van der Waals surface area contributed by atoms with Gasteiger partial charge >= 0.3 is 0 Å². The smallest absolute Gasteiger partial charge is 0.0216 e. The van der Waals surface area contributed by atoms with E-state index in [9.17, 15) is 0 Å². The predicted molar refractivity (Wildman–Crippen MR) is 50.4 cm³/mol. The molecule has 0 rings (SSSR count). The molecule has 0 radical (unpaired) electrons. The van der Waals surface area contributed by atoms with Gasteiger partial charge in [-0.25, -0.2) is 0 Å². The number of rotatable bonds is 4. The van der Waals surface area contributed by atoms with E-state index in [4.69, 9.17) is 0 Å². The second kappa shape index (κ2) is 6.24. The quantitative estimate of drug-likeness (QED) is 0.558. The standard InChI is InChI=1S/C10H19N/c1-5-6-7-8-11(4)9-10(2)3/h10H,7-9H2,1-4H3. The van der Waals surface area contributed by atoms with Gasteiger partial charge in [0.05, 0.1) is 0 Å². The zero-order chi connectivity index (χ0) is 8.69. The lowest BCUT2D eigenvalue weighted by atomic mass is 10.2. The Morgan fingerprint density at radius 2 is 2.00 bits per heavy atom. The molecule has 0 saturated heterocycles. The lowest BCUT2D eigenvalue weighted by Crippen LogP contribution is -2.23. The summed E-state index contributed by atoms with van der Waals surface area (Å²) in [6.07, 6.45) is 1.000. The van der Waals surface area contributed by atoms with E-state index in [1.165, 1.54) is 6.54 Å². The maximum absolute atomic E-state index is 3.06. The molecule has 11 heavy (non-hydrogen) atoms. The van der Waals surface area contributed by atoms with E-state index in [-0.39, 0.29) is 0 Å². The van der Waals surface area contributed by atoms with Gasteiger partial charge in [0.25, 0.3) is 0 Å². The summed E-state index contributed by atoms with van der Waals surface area (Å²) in [6.45, 7) is 8.64. The Bertz CT molecular complexity index is 139. The Kier molecular flexibility index (Phi) is 5.97. The van der Waals surface area contributed by atoms with Crippen molar-refractivity contribution in [3.8, 4) is 11.8 Å². The lowest BCUT2D eigenvalue weighted by Gasteiger charge is -2.16. The Morgan fingerprint density at radius 3 is 2.45 bits per heavy atom. The van der Waals surface area contributed by atoms with Crippen molar-refractivity contribution in [2.45, 2.75) is 27.2 Å². The van der Waals surface area contributed by atoms with Crippen LogP contribution in [0.4, 0.5) is 0 Å². The lowest BCUT2D eigenvalue weighted by molar-refractivity contribution is 0.302. The normalized spacial score (nSPS) is 10.0. The molecule has 0 spiro atoms. The molecule has 1 nitrogen and oxygen atoms in total. The average Bonchev–Trinajstić information content (AvgIpc) is 1.86. The third-order valence-electron chi connectivity index (χ3n) is 1.47. The van der Waals surface area contributed by atoms with Gasteiger partial charge in [-0.15, -0.1) is 11.8 Å². The second-order valence-electron chi connectivity index (χ2n) is 3.33. The van der Waals surface area contributed by atoms with Crippen molar-refractivity contribution in [2.24, 2.45) is 5.92 Å². The van der Waals surface area contributed by atoms with E-state index < -0.39 is 0 Å². The average molecular weight is 153 g/mol. The Morgan fingerprint density at radius 1 is 1.36 bits per heavy atom. The van der Waals surface area contributed by atoms with Crippen LogP contribution < -0.4 is 0 Å². The summed E-state index contributed by atoms with van der Waals surface area (Å²) in [4.78, 5) is 2.33. The first-order valence-corrected chi connectivity index (χ1v) is 4.25. The SMILES string of the molecule is CC#CCCN(C)CC(C)C. The van der Waals surface area contributed by atoms with Gasteiger partial charge in [-0.05, 0) is 19.9 Å². The van der Waals surface area contributed by atoms with Crippen molar-refractivity contribution in [3.05, 3.63) is 0 Å². The summed E-state index contributed by atoms with van der Waals surface area (Å²) in [5, 5.41) is 0. The van der Waals surface area contributed by atoms with Crippen molar-refractivity contribution in [1.82, 2.24) is 4.90 Å². The van der Waals surface area contributed by atoms with Crippen molar-refractivity contribution in [3.63, 3.8) is 0 Å². The summed E-state index contributed by atoms with van der Waals surface area (Å²) < 4.78 is 0. The molecule has 0 aliphatic heterocycles. The third kappa shape index (κ3) is 7.42. The molecule has 64 valence electrons. The number of hydrogen-bond acceptors (Lipinski definition) is 1. The Hall–Kier alpha value is -0.480. The summed E-state index contributed by atoms with van der Waals surface area (Å²) in [5.41, 5.74) is 0. The van der Waals surface area contributed by atoms with Crippen molar-refractivity contribution < 1.29 is 0 Å². The monoisotopic (exact) mass is 153 g/mol. The molecule has 0 aromatic carbocycles. The molecule has 0 atom stereocenters. The first-order valence-electron chi connectivity index (χ1n) is 4.25. The van der Waals surface area contributed by atoms with Crippen molar-refractivity contribution >= 4 is 0 Å². The molecule has 0 fully saturated rings. The fraction of sp³-hybridized carbons (Fsp3) is 0.800. The number of hydrogen-bond donors (Lipinski definition) is 0. The Labute approximate surface area is 70.8 Å². The maximum Gasteiger partial charge on any atom is 0.0216 e. The van der Waals surface area contributed by atoms with Gasteiger partial charge in [-0.2, -0.15) is 0 Å². The highest BCUT2D eigenvalue weighted by molar-refractivity contribution is 4.95. The summed E-state index contributed by atoms with van der Waals surface area (Å²) in [7, 11) is 2.15. The van der Waals surface area contributed by atoms with E-state index in [0.717, 1.165) is 18.9 Å². The summed E-state index contributed by atoms with van der Waals surface area (Å²) in [5.74, 6) is 6.72. The molecule has 0 heterocycles. The van der Waals surface area contributed by atoms with E-state index in [1.54, 1.807) is 0 Å². The molecule has 0 aliphatic rings. The van der Waals surface area contributed by atoms with Crippen LogP contribution in [0.3, 0.4) is 0 Å². The van der Waals surface area contributed by atoms with Gasteiger partial charge in [-0.3, -0.25) is 0 Å². The van der Waals surface area contributed by atoms with Crippen LogP contribution in [0.2, 0.25) is 0 Å². The van der Waals surface area contributed by atoms with Crippen LogP contribution >= 0.6 is 0 Å². The van der Waals surface area contributed by atoms with Crippen LogP contribution in [0.5, 0.6) is 0 Å². The summed E-state index contributed by atoms with van der Waals surface area (Å²) in [6, 6.07) is 0. The molecule has 0 N–H and O–H groups in total. The predicted octanol–water partition coefficient (Wildman–Crippen LogP) is 1.99. The highest BCUT2D eigenvalue weighted by Gasteiger charge is 1.98. The van der Waals surface area contributed by atoms with Gasteiger partial charge in [0.2, 0.25) is 0 Å². The zero-order valence-corrected chi connectivity index (χ0v) is 8.15. The van der Waals surface area contributed by atoms with Gasteiger partial charge in [0.1, 0.15) is 0 Å². The molecule has 0 saturated carbocycles. The largest absolute Gasteiger partial charge is 0.305 e. The minimum atomic E-state index is 0.759. The van der Waals surface area contributed by atoms with E-state index in [2.05, 4.69) is 37.6 Å². The van der Waals surface area contributed by atoms with Crippen molar-refractivity contribution in [1.29, 1.82) is 0 Å². The Balaban J connectivity index is 3.34. The second-order valence-corrected chi connectivity index (χ2v) is 3.33. The van der Waals surface area contributed by atoms with Crippen molar-refractivity contribution in [2.75, 3.05) is 20.1 Å². The van der Waals surface area contributed by atoms with Gasteiger partial charge in [-0.1, -0.05) is 13.8 Å². The maximum atomic E-state index is 3.06. The van der Waals surface area contributed by atoms with E-state index in [1.807, 2.05) is 6.92 Å². The first-order chi connectivity index (χ1) is 5.16. The molecule has 0 aromatic heterocycles. The van der Waals surface area contributed by atoms with Crippen LogP contribution in [0.1, 0.15) is 27.2 Å². The van der Waals surface area contributed by atoms with Crippen LogP contribution in [0.25, 0.3) is 0 Å². The molecule has 1 heteroatoms. The fourth-order valence-corrected chi connectivity index (χ4v) is 1.09. The minimum Gasteiger partial charge on any atom is -0.305 e. The van der Waals surface area contributed by atoms with Gasteiger partial charge in [0, 0.05) is 19.5 Å². The highest BCUT2D eigenvalue weighted by atomic mass is 15.1. The highest BCUT2D eigenvalue weighted by Crippen LogP contribution is 1.95. The van der Waals surface area contributed by atoms with E-state index in [0.29, 0.717) is 0 Å². The van der Waals surface area contributed by atoms with E-state index >= 15 is 0 Å². The third-order valence-corrected chi connectivity index (χ3v) is 1.47. The molecule has 0 aromatic rings. The molecule has 0 amide bonds. The van der Waals surface area contributed by atoms with Crippen LogP contribution in [0.15, 0.2) is 0 Å². The topological polar surface area (TPSA) is 3.24 Å². The van der Waals surface area contributed by atoms with Gasteiger partial charge < -0.3 is 4.90 Å². The molecular formula is C10H19N. The van der Waals surface area contributed by atoms with Crippen LogP contribution in [-0.2, 0) is 0 Å². The molecule has 0 bridgehead atoms. The minimum absolute atomic E-state index is 0.759.